The summed E-state index contributed by atoms with van der Waals surface area (Å²) < 4.78 is 0. The van der Waals surface area contributed by atoms with Gasteiger partial charge in [0, 0.05) is 13.0 Å². The smallest absolute Gasteiger partial charge is 0.235 e. The van der Waals surface area contributed by atoms with Crippen molar-refractivity contribution in [2.45, 2.75) is 46.1 Å². The molecule has 1 rings (SSSR count). The highest BCUT2D eigenvalue weighted by atomic mass is 16.2. The number of carbonyl (C=O) groups is 2. The number of nitriles is 1. The number of hydrogen-bond acceptors (Lipinski definition) is 4. The largest absolute Gasteiger partial charge is 0.302 e. The van der Waals surface area contributed by atoms with E-state index in [1.165, 1.54) is 4.90 Å². The zero-order valence-electron chi connectivity index (χ0n) is 11.3. The third-order valence-corrected chi connectivity index (χ3v) is 3.16. The van der Waals surface area contributed by atoms with Crippen LogP contribution < -0.4 is 5.32 Å². The molecule has 5 heteroatoms. The van der Waals surface area contributed by atoms with Crippen LogP contribution in [-0.4, -0.2) is 35.8 Å². The molecular weight excluding hydrogens is 230 g/mol. The second-order valence-corrected chi connectivity index (χ2v) is 5.34. The SMILES string of the molecule is CCCNC(C#N)CCN1C(=O)CC(C)(C)C1=O. The van der Waals surface area contributed by atoms with Crippen LogP contribution in [0.5, 0.6) is 0 Å². The van der Waals surface area contributed by atoms with Crippen molar-refractivity contribution >= 4 is 11.8 Å². The quantitative estimate of drug-likeness (QED) is 0.716. The summed E-state index contributed by atoms with van der Waals surface area (Å²) in [5.41, 5.74) is -0.587. The van der Waals surface area contributed by atoms with Gasteiger partial charge >= 0.3 is 0 Å². The molecule has 0 aromatic carbocycles. The third-order valence-electron chi connectivity index (χ3n) is 3.16. The van der Waals surface area contributed by atoms with Crippen LogP contribution in [0.2, 0.25) is 0 Å². The zero-order chi connectivity index (χ0) is 13.8. The van der Waals surface area contributed by atoms with Gasteiger partial charge in [0.05, 0.1) is 17.5 Å². The normalized spacial score (nSPS) is 20.0. The highest BCUT2D eigenvalue weighted by molar-refractivity contribution is 6.05. The van der Waals surface area contributed by atoms with Crippen LogP contribution in [0, 0.1) is 16.7 Å². The second-order valence-electron chi connectivity index (χ2n) is 5.34. The number of nitrogens with one attached hydrogen (secondary N) is 1. The molecule has 1 unspecified atom stereocenters. The first-order valence-electron chi connectivity index (χ1n) is 6.40. The van der Waals surface area contributed by atoms with Crippen molar-refractivity contribution in [3.8, 4) is 6.07 Å². The van der Waals surface area contributed by atoms with Crippen LogP contribution in [0.4, 0.5) is 0 Å². The van der Waals surface area contributed by atoms with Gasteiger partial charge in [-0.25, -0.2) is 0 Å². The molecule has 1 aliphatic heterocycles. The second kappa shape index (κ2) is 5.96. The molecule has 100 valence electrons. The van der Waals surface area contributed by atoms with Crippen LogP contribution in [0.1, 0.15) is 40.0 Å². The van der Waals surface area contributed by atoms with E-state index in [0.717, 1.165) is 13.0 Å². The number of likely N-dealkylation sites (tertiary alicyclic amines) is 1. The van der Waals surface area contributed by atoms with E-state index in [4.69, 9.17) is 5.26 Å². The van der Waals surface area contributed by atoms with Gasteiger partial charge in [-0.15, -0.1) is 0 Å². The summed E-state index contributed by atoms with van der Waals surface area (Å²) >= 11 is 0. The Morgan fingerprint density at radius 2 is 2.17 bits per heavy atom. The Morgan fingerprint density at radius 3 is 2.61 bits per heavy atom. The van der Waals surface area contributed by atoms with E-state index in [0.29, 0.717) is 13.0 Å². The molecule has 2 amide bonds. The van der Waals surface area contributed by atoms with Crippen LogP contribution in [0.3, 0.4) is 0 Å². The zero-order valence-corrected chi connectivity index (χ0v) is 11.3. The number of hydrogen-bond donors (Lipinski definition) is 1. The average molecular weight is 251 g/mol. The fraction of sp³-hybridized carbons (Fsp3) is 0.769. The Morgan fingerprint density at radius 1 is 1.50 bits per heavy atom. The number of amides is 2. The van der Waals surface area contributed by atoms with Gasteiger partial charge in [-0.3, -0.25) is 14.5 Å². The lowest BCUT2D eigenvalue weighted by Crippen LogP contribution is -2.38. The summed E-state index contributed by atoms with van der Waals surface area (Å²) in [4.78, 5) is 25.0. The van der Waals surface area contributed by atoms with E-state index < -0.39 is 5.41 Å². The van der Waals surface area contributed by atoms with Crippen LogP contribution in [0.15, 0.2) is 0 Å². The maximum Gasteiger partial charge on any atom is 0.235 e. The molecule has 1 atom stereocenters. The average Bonchev–Trinajstić information content (AvgIpc) is 2.50. The summed E-state index contributed by atoms with van der Waals surface area (Å²) in [6.07, 6.45) is 1.71. The fourth-order valence-corrected chi connectivity index (χ4v) is 2.04. The molecule has 1 fully saturated rings. The Labute approximate surface area is 108 Å². The van der Waals surface area contributed by atoms with Crippen molar-refractivity contribution in [1.82, 2.24) is 10.2 Å². The molecule has 0 spiro atoms. The lowest BCUT2D eigenvalue weighted by atomic mass is 9.92. The molecule has 18 heavy (non-hydrogen) atoms. The number of nitrogens with zero attached hydrogens (tertiary/aromatic N) is 2. The minimum atomic E-state index is -0.587. The van der Waals surface area contributed by atoms with E-state index >= 15 is 0 Å². The predicted molar refractivity (Wildman–Crippen MR) is 67.4 cm³/mol. The van der Waals surface area contributed by atoms with E-state index in [1.54, 1.807) is 13.8 Å². The summed E-state index contributed by atoms with van der Waals surface area (Å²) in [5, 5.41) is 12.0. The standard InChI is InChI=1S/C13H21N3O2/c1-4-6-15-10(9-14)5-7-16-11(17)8-13(2,3)12(16)18/h10,15H,4-8H2,1-3H3. The van der Waals surface area contributed by atoms with Crippen molar-refractivity contribution in [2.75, 3.05) is 13.1 Å². The van der Waals surface area contributed by atoms with Gasteiger partial charge in [0.1, 0.15) is 0 Å². The topological polar surface area (TPSA) is 73.2 Å². The number of imide groups is 1. The van der Waals surface area contributed by atoms with E-state index in [2.05, 4.69) is 11.4 Å². The minimum Gasteiger partial charge on any atom is -0.302 e. The highest BCUT2D eigenvalue weighted by Crippen LogP contribution is 2.31. The number of rotatable bonds is 6. The minimum absolute atomic E-state index is 0.125. The first-order chi connectivity index (χ1) is 8.42. The van der Waals surface area contributed by atoms with Gasteiger partial charge < -0.3 is 5.32 Å². The van der Waals surface area contributed by atoms with Gasteiger partial charge in [0.2, 0.25) is 11.8 Å². The van der Waals surface area contributed by atoms with Crippen LogP contribution in [-0.2, 0) is 9.59 Å². The molecule has 1 heterocycles. The molecule has 0 aromatic heterocycles. The first kappa shape index (κ1) is 14.7. The van der Waals surface area contributed by atoms with Crippen LogP contribution >= 0.6 is 0 Å². The molecule has 0 radical (unpaired) electrons. The Bertz CT molecular complexity index is 371. The van der Waals surface area contributed by atoms with Gasteiger partial charge in [-0.05, 0) is 19.4 Å². The molecule has 0 saturated carbocycles. The molecule has 5 nitrogen and oxygen atoms in total. The van der Waals surface area contributed by atoms with Crippen LogP contribution in [0.25, 0.3) is 0 Å². The molecule has 1 aliphatic rings. The molecule has 0 aliphatic carbocycles. The molecule has 0 aromatic rings. The van der Waals surface area contributed by atoms with Crippen molar-refractivity contribution in [2.24, 2.45) is 5.41 Å². The van der Waals surface area contributed by atoms with Crippen molar-refractivity contribution < 1.29 is 9.59 Å². The summed E-state index contributed by atoms with van der Waals surface area (Å²) in [7, 11) is 0. The van der Waals surface area contributed by atoms with E-state index in [9.17, 15) is 9.59 Å². The van der Waals surface area contributed by atoms with Crippen molar-refractivity contribution in [3.63, 3.8) is 0 Å². The molecular formula is C13H21N3O2. The van der Waals surface area contributed by atoms with Gasteiger partial charge in [-0.1, -0.05) is 20.8 Å². The Kier molecular flexibility index (Phi) is 4.85. The summed E-state index contributed by atoms with van der Waals surface area (Å²) in [5.74, 6) is -0.253. The monoisotopic (exact) mass is 251 g/mol. The van der Waals surface area contributed by atoms with Crippen molar-refractivity contribution in [3.05, 3.63) is 0 Å². The van der Waals surface area contributed by atoms with Gasteiger partial charge in [0.25, 0.3) is 0 Å². The molecule has 1 saturated heterocycles. The fourth-order valence-electron chi connectivity index (χ4n) is 2.04. The van der Waals surface area contributed by atoms with E-state index in [-0.39, 0.29) is 24.3 Å². The number of carbonyl (C=O) groups excluding carboxylic acids is 2. The van der Waals surface area contributed by atoms with Gasteiger partial charge in [-0.2, -0.15) is 5.26 Å². The Hall–Kier alpha value is -1.41. The predicted octanol–water partition coefficient (Wildman–Crippen LogP) is 1.05. The molecule has 0 bridgehead atoms. The Balaban J connectivity index is 2.51. The lowest BCUT2D eigenvalue weighted by Gasteiger charge is -2.19. The lowest BCUT2D eigenvalue weighted by molar-refractivity contribution is -0.140. The van der Waals surface area contributed by atoms with Gasteiger partial charge in [0.15, 0.2) is 0 Å². The third kappa shape index (κ3) is 3.30. The van der Waals surface area contributed by atoms with Crippen molar-refractivity contribution in [1.29, 1.82) is 5.26 Å². The van der Waals surface area contributed by atoms with E-state index in [1.807, 2.05) is 6.92 Å². The highest BCUT2D eigenvalue weighted by Gasteiger charge is 2.44. The first-order valence-corrected chi connectivity index (χ1v) is 6.40. The molecule has 1 N–H and O–H groups in total. The maximum absolute atomic E-state index is 12.0. The summed E-state index contributed by atoms with van der Waals surface area (Å²) in [6.45, 7) is 6.69. The maximum atomic E-state index is 12.0. The summed E-state index contributed by atoms with van der Waals surface area (Å²) in [6, 6.07) is 1.85.